The third-order valence-electron chi connectivity index (χ3n) is 6.65. The Bertz CT molecular complexity index is 1420. The number of aromatic amines is 2. The monoisotopic (exact) mass is 558 g/mol. The average molecular weight is 559 g/mol. The summed E-state index contributed by atoms with van der Waals surface area (Å²) in [4.78, 5) is 27.6. The zero-order valence-electron chi connectivity index (χ0n) is 25.1. The number of benzene rings is 1. The number of H-pyrrole nitrogens is 2. The molecule has 4 rings (SSSR count). The van der Waals surface area contributed by atoms with Gasteiger partial charge >= 0.3 is 0 Å². The van der Waals surface area contributed by atoms with Crippen LogP contribution in [0, 0.1) is 6.92 Å². The number of aliphatic imine (C=N–C) groups is 2. The number of nitrogens with two attached hydrogens (primary N) is 2. The first kappa shape index (κ1) is 32.9. The SMILES string of the molecule is C=CC.CC.CCc1cc(O)ccc1N=C(N)/C(=C/N)C(=NC1CCCCC1)c1cc(-c2c[nH]c(=O)cc2C)c[nH]1. The first-order chi connectivity index (χ1) is 19.8. The van der Waals surface area contributed by atoms with Crippen molar-refractivity contribution >= 4 is 17.2 Å². The van der Waals surface area contributed by atoms with Crippen LogP contribution in [0.15, 0.2) is 81.9 Å². The van der Waals surface area contributed by atoms with Crippen molar-refractivity contribution in [2.75, 3.05) is 0 Å². The van der Waals surface area contributed by atoms with Gasteiger partial charge in [-0.15, -0.1) is 6.58 Å². The molecule has 0 amide bonds. The fourth-order valence-corrected chi connectivity index (χ4v) is 4.69. The predicted octanol–water partition coefficient (Wildman–Crippen LogP) is 6.82. The maximum atomic E-state index is 11.7. The molecule has 1 saturated carbocycles. The van der Waals surface area contributed by atoms with E-state index in [0.29, 0.717) is 23.4 Å². The van der Waals surface area contributed by atoms with Crippen LogP contribution in [0.4, 0.5) is 5.69 Å². The lowest BCUT2D eigenvalue weighted by Gasteiger charge is -2.20. The lowest BCUT2D eigenvalue weighted by Crippen LogP contribution is -2.25. The summed E-state index contributed by atoms with van der Waals surface area (Å²) in [6.07, 6.45) is 13.1. The molecule has 3 aromatic rings. The second-order valence-electron chi connectivity index (χ2n) is 9.62. The van der Waals surface area contributed by atoms with Crippen molar-refractivity contribution in [1.82, 2.24) is 9.97 Å². The zero-order valence-corrected chi connectivity index (χ0v) is 25.1. The summed E-state index contributed by atoms with van der Waals surface area (Å²) in [6, 6.07) is 8.79. The highest BCUT2D eigenvalue weighted by Gasteiger charge is 2.21. The molecule has 2 heterocycles. The molecule has 1 aromatic carbocycles. The van der Waals surface area contributed by atoms with Gasteiger partial charge < -0.3 is 26.5 Å². The highest BCUT2D eigenvalue weighted by atomic mass is 16.3. The molecule has 41 heavy (non-hydrogen) atoms. The van der Waals surface area contributed by atoms with Crippen LogP contribution in [-0.4, -0.2) is 32.7 Å². The summed E-state index contributed by atoms with van der Waals surface area (Å²) in [5.74, 6) is 0.443. The molecule has 0 unspecified atom stereocenters. The molecule has 0 bridgehead atoms. The summed E-state index contributed by atoms with van der Waals surface area (Å²) in [5, 5.41) is 9.85. The van der Waals surface area contributed by atoms with E-state index in [9.17, 15) is 9.90 Å². The van der Waals surface area contributed by atoms with Gasteiger partial charge in [0.05, 0.1) is 28.7 Å². The maximum absolute atomic E-state index is 11.7. The van der Waals surface area contributed by atoms with E-state index in [2.05, 4.69) is 21.5 Å². The van der Waals surface area contributed by atoms with E-state index in [0.717, 1.165) is 53.6 Å². The lowest BCUT2D eigenvalue weighted by molar-refractivity contribution is 0.443. The van der Waals surface area contributed by atoms with Gasteiger partial charge in [0.1, 0.15) is 11.6 Å². The first-order valence-corrected chi connectivity index (χ1v) is 14.4. The van der Waals surface area contributed by atoms with Crippen LogP contribution in [0.5, 0.6) is 5.75 Å². The number of nitrogens with zero attached hydrogens (tertiary/aromatic N) is 2. The third kappa shape index (κ3) is 9.10. The number of aryl methyl sites for hydroxylation is 2. The standard InChI is InChI=1S/C28H34N6O2.C3H6.C2H6/c1-3-18-12-21(35)9-10-24(18)34-28(30)22(14-29)27(33-20-7-5-4-6-8-20)25-13-19(15-31-25)23-16-32-26(36)11-17(23)2;1-3-2;1-2/h9-16,20,31,35H,3-8,29H2,1-2H3,(H2,30,34)(H,32,36);3H,1H2,2H3;1-2H3/b22-14+,33-27?;;. The number of hydrogen-bond acceptors (Lipinski definition) is 5. The Labute approximate surface area is 244 Å². The number of rotatable bonds is 7. The number of phenols is 1. The number of aromatic nitrogens is 2. The smallest absolute Gasteiger partial charge is 0.248 e. The van der Waals surface area contributed by atoms with Gasteiger partial charge in [0.25, 0.3) is 0 Å². The van der Waals surface area contributed by atoms with Crippen LogP contribution in [0.1, 0.15) is 76.6 Å². The quantitative estimate of drug-likeness (QED) is 0.123. The molecule has 1 aliphatic rings. The summed E-state index contributed by atoms with van der Waals surface area (Å²) >= 11 is 0. The van der Waals surface area contributed by atoms with Crippen LogP contribution in [0.3, 0.4) is 0 Å². The van der Waals surface area contributed by atoms with Crippen LogP contribution in [0.25, 0.3) is 11.1 Å². The number of pyridine rings is 1. The summed E-state index contributed by atoms with van der Waals surface area (Å²) in [7, 11) is 0. The van der Waals surface area contributed by atoms with Gasteiger partial charge in [-0.25, -0.2) is 4.99 Å². The molecule has 7 N–H and O–H groups in total. The van der Waals surface area contributed by atoms with E-state index in [4.69, 9.17) is 16.5 Å². The Morgan fingerprint density at radius 3 is 2.41 bits per heavy atom. The van der Waals surface area contributed by atoms with Gasteiger partial charge in [0, 0.05) is 35.8 Å². The van der Waals surface area contributed by atoms with Crippen molar-refractivity contribution in [3.63, 3.8) is 0 Å². The van der Waals surface area contributed by atoms with E-state index in [1.54, 1.807) is 36.5 Å². The second kappa shape index (κ2) is 16.7. The number of hydrogen-bond donors (Lipinski definition) is 5. The molecule has 0 spiro atoms. The highest BCUT2D eigenvalue weighted by molar-refractivity contribution is 6.29. The molecule has 0 saturated heterocycles. The van der Waals surface area contributed by atoms with Crippen molar-refractivity contribution in [1.29, 1.82) is 0 Å². The van der Waals surface area contributed by atoms with Crippen molar-refractivity contribution in [2.45, 2.75) is 79.2 Å². The van der Waals surface area contributed by atoms with E-state index in [1.165, 1.54) is 12.6 Å². The Morgan fingerprint density at radius 1 is 1.12 bits per heavy atom. The van der Waals surface area contributed by atoms with Gasteiger partial charge in [-0.1, -0.05) is 46.1 Å². The predicted molar refractivity (Wildman–Crippen MR) is 173 cm³/mol. The van der Waals surface area contributed by atoms with Crippen molar-refractivity contribution in [3.8, 4) is 16.9 Å². The minimum absolute atomic E-state index is 0.135. The largest absolute Gasteiger partial charge is 0.508 e. The second-order valence-corrected chi connectivity index (χ2v) is 9.62. The van der Waals surface area contributed by atoms with Gasteiger partial charge in [0.15, 0.2) is 0 Å². The van der Waals surface area contributed by atoms with E-state index >= 15 is 0 Å². The third-order valence-corrected chi connectivity index (χ3v) is 6.65. The van der Waals surface area contributed by atoms with E-state index in [-0.39, 0.29) is 23.2 Å². The fourth-order valence-electron chi connectivity index (χ4n) is 4.69. The lowest BCUT2D eigenvalue weighted by atomic mass is 9.95. The molecule has 0 atom stereocenters. The molecule has 0 radical (unpaired) electrons. The molecular weight excluding hydrogens is 512 g/mol. The molecule has 0 aliphatic heterocycles. The van der Waals surface area contributed by atoms with Crippen molar-refractivity contribution < 1.29 is 5.11 Å². The van der Waals surface area contributed by atoms with Crippen LogP contribution in [-0.2, 0) is 6.42 Å². The van der Waals surface area contributed by atoms with Crippen molar-refractivity contribution in [3.05, 3.63) is 94.3 Å². The van der Waals surface area contributed by atoms with Gasteiger partial charge in [-0.05, 0) is 68.5 Å². The molecule has 220 valence electrons. The summed E-state index contributed by atoms with van der Waals surface area (Å²) in [5.41, 5.74) is 18.8. The zero-order chi connectivity index (χ0) is 30.4. The van der Waals surface area contributed by atoms with Crippen LogP contribution < -0.4 is 17.0 Å². The van der Waals surface area contributed by atoms with Crippen LogP contribution in [0.2, 0.25) is 0 Å². The van der Waals surface area contributed by atoms with Crippen molar-refractivity contribution in [2.24, 2.45) is 21.5 Å². The Kier molecular flexibility index (Phi) is 13.4. The molecule has 2 aromatic heterocycles. The minimum atomic E-state index is -0.135. The molecule has 1 aliphatic carbocycles. The molecular formula is C33H46N6O2. The Morgan fingerprint density at radius 2 is 1.80 bits per heavy atom. The number of allylic oxidation sites excluding steroid dienone is 1. The number of phenolic OH excluding ortho intramolecular Hbond substituents is 1. The summed E-state index contributed by atoms with van der Waals surface area (Å²) < 4.78 is 0. The molecule has 8 nitrogen and oxygen atoms in total. The normalized spacial score (nSPS) is 14.4. The number of amidine groups is 1. The Hall–Kier alpha value is -4.33. The van der Waals surface area contributed by atoms with E-state index in [1.807, 2.05) is 46.9 Å². The topological polar surface area (TPSA) is 146 Å². The number of nitrogens with one attached hydrogen (secondary N) is 2. The number of aromatic hydroxyl groups is 1. The molecule has 8 heteroatoms. The fraction of sp³-hybridized carbons (Fsp3) is 0.364. The first-order valence-electron chi connectivity index (χ1n) is 14.4. The molecule has 1 fully saturated rings. The Balaban J connectivity index is 0.00000110. The van der Waals surface area contributed by atoms with Gasteiger partial charge in [0.2, 0.25) is 5.56 Å². The van der Waals surface area contributed by atoms with Gasteiger partial charge in [-0.3, -0.25) is 9.79 Å². The summed E-state index contributed by atoms with van der Waals surface area (Å²) in [6.45, 7) is 13.2. The average Bonchev–Trinajstić information content (AvgIpc) is 3.45. The maximum Gasteiger partial charge on any atom is 0.248 e. The van der Waals surface area contributed by atoms with E-state index < -0.39 is 0 Å². The minimum Gasteiger partial charge on any atom is -0.508 e. The highest BCUT2D eigenvalue weighted by Crippen LogP contribution is 2.28. The van der Waals surface area contributed by atoms with Crippen LogP contribution >= 0.6 is 0 Å². The van der Waals surface area contributed by atoms with Gasteiger partial charge in [-0.2, -0.15) is 0 Å².